The van der Waals surface area contributed by atoms with Crippen molar-refractivity contribution in [3.63, 3.8) is 0 Å². The first-order chi connectivity index (χ1) is 12.3. The smallest absolute Gasteiger partial charge is 0.253 e. The number of carbonyl (C=O) groups excluding carboxylic acids is 2. The number of aromatic amines is 1. The van der Waals surface area contributed by atoms with Crippen LogP contribution in [0, 0.1) is 20.8 Å². The molecule has 0 saturated heterocycles. The topological polar surface area (TPSA) is 88.3 Å². The lowest BCUT2D eigenvalue weighted by atomic mass is 10.0. The zero-order valence-corrected chi connectivity index (χ0v) is 15.6. The number of aryl methyl sites for hydroxylation is 3. The van der Waals surface area contributed by atoms with Crippen molar-refractivity contribution < 1.29 is 14.3 Å². The third kappa shape index (κ3) is 4.81. The van der Waals surface area contributed by atoms with Crippen LogP contribution in [0.4, 0.5) is 0 Å². The van der Waals surface area contributed by atoms with Gasteiger partial charge >= 0.3 is 0 Å². The van der Waals surface area contributed by atoms with E-state index in [-0.39, 0.29) is 36.6 Å². The molecule has 2 rings (SSSR count). The standard InChI is InChI=1S/C20H24N2O4/c1-12-5-7-18(26-4)15(9-12)17(23)6-8-19(24)21-11-16-13(2)10-14(3)22-20(16)25/h5,7,9-10H,6,8,11H2,1-4H3,(H,21,24)(H,22,25). The van der Waals surface area contributed by atoms with Crippen molar-refractivity contribution >= 4 is 11.7 Å². The molecule has 0 bridgehead atoms. The van der Waals surface area contributed by atoms with Crippen molar-refractivity contribution in [3.8, 4) is 5.75 Å². The van der Waals surface area contributed by atoms with Crippen LogP contribution in [0.1, 0.15) is 45.6 Å². The van der Waals surface area contributed by atoms with E-state index in [4.69, 9.17) is 4.74 Å². The minimum Gasteiger partial charge on any atom is -0.496 e. The van der Waals surface area contributed by atoms with Crippen LogP contribution in [0.2, 0.25) is 0 Å². The summed E-state index contributed by atoms with van der Waals surface area (Å²) < 4.78 is 5.21. The van der Waals surface area contributed by atoms with Crippen LogP contribution in [0.3, 0.4) is 0 Å². The molecule has 2 aromatic rings. The van der Waals surface area contributed by atoms with E-state index < -0.39 is 0 Å². The molecular formula is C20H24N2O4. The second-order valence-corrected chi connectivity index (χ2v) is 6.35. The van der Waals surface area contributed by atoms with E-state index >= 15 is 0 Å². The van der Waals surface area contributed by atoms with Crippen molar-refractivity contribution in [3.05, 3.63) is 62.6 Å². The van der Waals surface area contributed by atoms with Gasteiger partial charge in [-0.2, -0.15) is 0 Å². The molecule has 1 aromatic heterocycles. The fraction of sp³-hybridized carbons (Fsp3) is 0.350. The number of carbonyl (C=O) groups is 2. The summed E-state index contributed by atoms with van der Waals surface area (Å²) in [5.74, 6) is 0.0808. The molecule has 26 heavy (non-hydrogen) atoms. The minimum absolute atomic E-state index is 0.0543. The number of ether oxygens (including phenoxy) is 1. The molecule has 0 aliphatic carbocycles. The van der Waals surface area contributed by atoms with Gasteiger partial charge in [-0.1, -0.05) is 11.6 Å². The van der Waals surface area contributed by atoms with Gasteiger partial charge in [-0.05, 0) is 44.5 Å². The van der Waals surface area contributed by atoms with E-state index in [0.717, 1.165) is 16.8 Å². The Balaban J connectivity index is 1.94. The Hall–Kier alpha value is -2.89. The first kappa shape index (κ1) is 19.4. The number of ketones is 1. The minimum atomic E-state index is -0.274. The second-order valence-electron chi connectivity index (χ2n) is 6.35. The molecule has 1 aromatic carbocycles. The number of nitrogens with one attached hydrogen (secondary N) is 2. The van der Waals surface area contributed by atoms with Crippen LogP contribution in [0.5, 0.6) is 5.75 Å². The quantitative estimate of drug-likeness (QED) is 0.747. The maximum Gasteiger partial charge on any atom is 0.253 e. The van der Waals surface area contributed by atoms with Gasteiger partial charge in [0.05, 0.1) is 12.7 Å². The highest BCUT2D eigenvalue weighted by molar-refractivity contribution is 6.00. The third-order valence-corrected chi connectivity index (χ3v) is 4.19. The number of pyridine rings is 1. The summed E-state index contributed by atoms with van der Waals surface area (Å²) in [4.78, 5) is 39.1. The number of H-pyrrole nitrogens is 1. The number of hydrogen-bond donors (Lipinski definition) is 2. The number of methoxy groups -OCH3 is 1. The predicted molar refractivity (Wildman–Crippen MR) is 99.7 cm³/mol. The largest absolute Gasteiger partial charge is 0.496 e. The summed E-state index contributed by atoms with van der Waals surface area (Å²) in [6, 6.07) is 7.23. The summed E-state index contributed by atoms with van der Waals surface area (Å²) in [7, 11) is 1.51. The lowest BCUT2D eigenvalue weighted by Crippen LogP contribution is -2.28. The number of benzene rings is 1. The molecule has 6 heteroatoms. The molecule has 138 valence electrons. The zero-order chi connectivity index (χ0) is 19.3. The lowest BCUT2D eigenvalue weighted by Gasteiger charge is -2.10. The Morgan fingerprint density at radius 1 is 1.12 bits per heavy atom. The van der Waals surface area contributed by atoms with Gasteiger partial charge in [0.25, 0.3) is 5.56 Å². The SMILES string of the molecule is COc1ccc(C)cc1C(=O)CCC(=O)NCc1c(C)cc(C)[nH]c1=O. The van der Waals surface area contributed by atoms with Crippen LogP contribution in [0.15, 0.2) is 29.1 Å². The van der Waals surface area contributed by atoms with Gasteiger partial charge < -0.3 is 15.0 Å². The van der Waals surface area contributed by atoms with E-state index in [1.54, 1.807) is 12.1 Å². The predicted octanol–water partition coefficient (Wildman–Crippen LogP) is 2.59. The van der Waals surface area contributed by atoms with Crippen LogP contribution in [0.25, 0.3) is 0 Å². The van der Waals surface area contributed by atoms with Gasteiger partial charge in [-0.25, -0.2) is 0 Å². The molecule has 0 spiro atoms. The van der Waals surface area contributed by atoms with Gasteiger partial charge in [0, 0.05) is 30.6 Å². The van der Waals surface area contributed by atoms with Crippen molar-refractivity contribution in [2.75, 3.05) is 7.11 Å². The summed E-state index contributed by atoms with van der Waals surface area (Å²) in [5, 5.41) is 2.70. The highest BCUT2D eigenvalue weighted by Gasteiger charge is 2.15. The van der Waals surface area contributed by atoms with Gasteiger partial charge in [-0.15, -0.1) is 0 Å². The Labute approximate surface area is 152 Å². The Morgan fingerprint density at radius 3 is 2.50 bits per heavy atom. The molecule has 0 aliphatic heterocycles. The lowest BCUT2D eigenvalue weighted by molar-refractivity contribution is -0.121. The molecule has 6 nitrogen and oxygen atoms in total. The Kier molecular flexibility index (Phi) is 6.33. The van der Waals surface area contributed by atoms with E-state index in [1.165, 1.54) is 7.11 Å². The molecule has 0 aliphatic rings. The highest BCUT2D eigenvalue weighted by Crippen LogP contribution is 2.21. The fourth-order valence-corrected chi connectivity index (χ4v) is 2.78. The summed E-state index contributed by atoms with van der Waals surface area (Å²) in [6.45, 7) is 5.67. The monoisotopic (exact) mass is 356 g/mol. The normalized spacial score (nSPS) is 10.5. The average Bonchev–Trinajstić information content (AvgIpc) is 2.58. The van der Waals surface area contributed by atoms with E-state index in [2.05, 4.69) is 10.3 Å². The molecule has 0 saturated carbocycles. The second kappa shape index (κ2) is 8.47. The molecule has 0 radical (unpaired) electrons. The van der Waals surface area contributed by atoms with Gasteiger partial charge in [0.15, 0.2) is 5.78 Å². The van der Waals surface area contributed by atoms with Crippen molar-refractivity contribution in [2.45, 2.75) is 40.2 Å². The third-order valence-electron chi connectivity index (χ3n) is 4.19. The molecular weight excluding hydrogens is 332 g/mol. The van der Waals surface area contributed by atoms with E-state index in [9.17, 15) is 14.4 Å². The number of amides is 1. The fourth-order valence-electron chi connectivity index (χ4n) is 2.78. The number of hydrogen-bond acceptors (Lipinski definition) is 4. The van der Waals surface area contributed by atoms with Crippen molar-refractivity contribution in [1.29, 1.82) is 0 Å². The molecule has 1 heterocycles. The first-order valence-corrected chi connectivity index (χ1v) is 8.45. The molecule has 0 fully saturated rings. The van der Waals surface area contributed by atoms with Crippen LogP contribution >= 0.6 is 0 Å². The van der Waals surface area contributed by atoms with Gasteiger partial charge in [0.1, 0.15) is 5.75 Å². The Morgan fingerprint density at radius 2 is 1.85 bits per heavy atom. The van der Waals surface area contributed by atoms with Crippen LogP contribution < -0.4 is 15.6 Å². The average molecular weight is 356 g/mol. The van der Waals surface area contributed by atoms with E-state index in [0.29, 0.717) is 16.9 Å². The molecule has 0 atom stereocenters. The van der Waals surface area contributed by atoms with Crippen LogP contribution in [-0.2, 0) is 11.3 Å². The summed E-state index contributed by atoms with van der Waals surface area (Å²) >= 11 is 0. The number of aromatic nitrogens is 1. The van der Waals surface area contributed by atoms with Gasteiger partial charge in [0.2, 0.25) is 5.91 Å². The van der Waals surface area contributed by atoms with Crippen molar-refractivity contribution in [1.82, 2.24) is 10.3 Å². The highest BCUT2D eigenvalue weighted by atomic mass is 16.5. The molecule has 1 amide bonds. The first-order valence-electron chi connectivity index (χ1n) is 8.45. The van der Waals surface area contributed by atoms with Crippen molar-refractivity contribution in [2.24, 2.45) is 0 Å². The van der Waals surface area contributed by atoms with E-state index in [1.807, 2.05) is 32.9 Å². The Bertz CT molecular complexity index is 884. The number of rotatable bonds is 7. The maximum atomic E-state index is 12.4. The van der Waals surface area contributed by atoms with Gasteiger partial charge in [-0.3, -0.25) is 14.4 Å². The zero-order valence-electron chi connectivity index (χ0n) is 15.6. The molecule has 0 unspecified atom stereocenters. The number of Topliss-reactive ketones (excluding diaryl/α,β-unsaturated/α-hetero) is 1. The molecule has 2 N–H and O–H groups in total. The summed E-state index contributed by atoms with van der Waals surface area (Å²) in [5.41, 5.74) is 3.35. The van der Waals surface area contributed by atoms with Crippen LogP contribution in [-0.4, -0.2) is 23.8 Å². The summed E-state index contributed by atoms with van der Waals surface area (Å²) in [6.07, 6.45) is 0.133. The maximum absolute atomic E-state index is 12.4.